The summed E-state index contributed by atoms with van der Waals surface area (Å²) in [5.41, 5.74) is 2.78. The highest BCUT2D eigenvalue weighted by Gasteiger charge is 2.34. The fourth-order valence-corrected chi connectivity index (χ4v) is 4.56. The van der Waals surface area contributed by atoms with Gasteiger partial charge in [0.15, 0.2) is 0 Å². The second kappa shape index (κ2) is 7.85. The third-order valence-corrected chi connectivity index (χ3v) is 7.44. The molecule has 1 saturated carbocycles. The molecule has 7 heteroatoms. The molecule has 0 aromatic heterocycles. The van der Waals surface area contributed by atoms with Crippen LogP contribution in [0.3, 0.4) is 0 Å². The van der Waals surface area contributed by atoms with Crippen LogP contribution >= 0.6 is 11.6 Å². The lowest BCUT2D eigenvalue weighted by Gasteiger charge is -2.20. The molecule has 0 radical (unpaired) electrons. The molecule has 0 bridgehead atoms. The van der Waals surface area contributed by atoms with Gasteiger partial charge in [-0.15, -0.1) is 0 Å². The first kappa shape index (κ1) is 20.8. The van der Waals surface area contributed by atoms with Crippen molar-refractivity contribution < 1.29 is 13.2 Å². The highest BCUT2D eigenvalue weighted by atomic mass is 35.5. The molecule has 5 nitrogen and oxygen atoms in total. The number of carbonyl (C=O) groups is 1. The number of sulfonamides is 1. The highest BCUT2D eigenvalue weighted by molar-refractivity contribution is 7.89. The Hall–Kier alpha value is -1.89. The quantitative estimate of drug-likeness (QED) is 0.765. The van der Waals surface area contributed by atoms with Gasteiger partial charge in [0.1, 0.15) is 0 Å². The fourth-order valence-electron chi connectivity index (χ4n) is 3.22. The van der Waals surface area contributed by atoms with Crippen LogP contribution in [0.15, 0.2) is 41.3 Å². The Morgan fingerprint density at radius 3 is 2.29 bits per heavy atom. The van der Waals surface area contributed by atoms with Crippen LogP contribution in [0.25, 0.3) is 0 Å². The Labute approximate surface area is 171 Å². The van der Waals surface area contributed by atoms with E-state index in [0.717, 1.165) is 28.3 Å². The zero-order chi connectivity index (χ0) is 20.6. The summed E-state index contributed by atoms with van der Waals surface area (Å²) in [6.45, 7) is 3.58. The maximum atomic E-state index is 13.0. The number of hydrogen-bond donors (Lipinski definition) is 1. The number of benzene rings is 2. The van der Waals surface area contributed by atoms with Crippen molar-refractivity contribution >= 4 is 27.5 Å². The number of nitrogens with one attached hydrogen (secondary N) is 1. The second-order valence-electron chi connectivity index (χ2n) is 7.54. The molecule has 0 heterocycles. The molecule has 0 aliphatic heterocycles. The minimum absolute atomic E-state index is 0.111. The van der Waals surface area contributed by atoms with Crippen molar-refractivity contribution in [1.82, 2.24) is 9.62 Å². The van der Waals surface area contributed by atoms with Gasteiger partial charge >= 0.3 is 0 Å². The van der Waals surface area contributed by atoms with E-state index >= 15 is 0 Å². The molecule has 1 amide bonds. The minimum Gasteiger partial charge on any atom is -0.345 e. The number of aryl methyl sites for hydroxylation is 1. The molecule has 150 valence electrons. The number of halogens is 1. The maximum Gasteiger partial charge on any atom is 0.251 e. The highest BCUT2D eigenvalue weighted by Crippen LogP contribution is 2.41. The van der Waals surface area contributed by atoms with E-state index in [1.165, 1.54) is 20.2 Å². The molecule has 3 rings (SSSR count). The van der Waals surface area contributed by atoms with Crippen LogP contribution in [0.4, 0.5) is 0 Å². The largest absolute Gasteiger partial charge is 0.345 e. The van der Waals surface area contributed by atoms with Crippen LogP contribution in [0.1, 0.15) is 45.9 Å². The van der Waals surface area contributed by atoms with Gasteiger partial charge in [-0.2, -0.15) is 0 Å². The third-order valence-electron chi connectivity index (χ3n) is 5.25. The van der Waals surface area contributed by atoms with E-state index in [0.29, 0.717) is 22.1 Å². The summed E-state index contributed by atoms with van der Waals surface area (Å²) in [5.74, 6) is 0.117. The SMILES string of the molecule is Cc1cc(C(=O)N[C@H](c2ccc(Cl)cc2)C2CC2)cc(S(=O)(=O)N(C)C)c1C. The lowest BCUT2D eigenvalue weighted by Crippen LogP contribution is -2.30. The molecule has 1 fully saturated rings. The van der Waals surface area contributed by atoms with Crippen molar-refractivity contribution in [3.8, 4) is 0 Å². The summed E-state index contributed by atoms with van der Waals surface area (Å²) in [5, 5.41) is 3.75. The molecule has 2 aromatic rings. The van der Waals surface area contributed by atoms with Crippen molar-refractivity contribution in [1.29, 1.82) is 0 Å². The van der Waals surface area contributed by atoms with Crippen LogP contribution in [0.2, 0.25) is 5.02 Å². The van der Waals surface area contributed by atoms with Gasteiger partial charge in [0.2, 0.25) is 10.0 Å². The van der Waals surface area contributed by atoms with Crippen molar-refractivity contribution in [3.05, 3.63) is 63.7 Å². The number of rotatable bonds is 6. The lowest BCUT2D eigenvalue weighted by molar-refractivity contribution is 0.0931. The summed E-state index contributed by atoms with van der Waals surface area (Å²) >= 11 is 5.98. The first-order chi connectivity index (χ1) is 13.1. The molecule has 1 aliphatic carbocycles. The zero-order valence-electron chi connectivity index (χ0n) is 16.5. The zero-order valence-corrected chi connectivity index (χ0v) is 18.1. The second-order valence-corrected chi connectivity index (χ2v) is 10.1. The third kappa shape index (κ3) is 4.24. The Balaban J connectivity index is 1.93. The monoisotopic (exact) mass is 420 g/mol. The van der Waals surface area contributed by atoms with E-state index in [-0.39, 0.29) is 16.8 Å². The minimum atomic E-state index is -3.64. The first-order valence-electron chi connectivity index (χ1n) is 9.21. The Kier molecular flexibility index (Phi) is 5.84. The molecule has 1 aliphatic rings. The number of hydrogen-bond acceptors (Lipinski definition) is 3. The van der Waals surface area contributed by atoms with E-state index in [4.69, 9.17) is 11.6 Å². The molecular formula is C21H25ClN2O3S. The summed E-state index contributed by atoms with van der Waals surface area (Å²) in [7, 11) is -0.664. The van der Waals surface area contributed by atoms with Crippen LogP contribution in [0.5, 0.6) is 0 Å². The van der Waals surface area contributed by atoms with Gasteiger partial charge in [-0.25, -0.2) is 12.7 Å². The van der Waals surface area contributed by atoms with Crippen molar-refractivity contribution in [3.63, 3.8) is 0 Å². The predicted octanol–water partition coefficient (Wildman–Crippen LogP) is 4.09. The molecular weight excluding hydrogens is 396 g/mol. The fraction of sp³-hybridized carbons (Fsp3) is 0.381. The predicted molar refractivity (Wildman–Crippen MR) is 111 cm³/mol. The Bertz CT molecular complexity index is 997. The molecule has 1 N–H and O–H groups in total. The number of amides is 1. The van der Waals surface area contributed by atoms with Gasteiger partial charge in [0.05, 0.1) is 10.9 Å². The van der Waals surface area contributed by atoms with Crippen molar-refractivity contribution in [2.24, 2.45) is 5.92 Å². The van der Waals surface area contributed by atoms with E-state index in [1.807, 2.05) is 31.2 Å². The van der Waals surface area contributed by atoms with Gasteiger partial charge < -0.3 is 5.32 Å². The molecule has 0 spiro atoms. The van der Waals surface area contributed by atoms with Gasteiger partial charge in [-0.05, 0) is 73.6 Å². The van der Waals surface area contributed by atoms with Gasteiger partial charge in [-0.1, -0.05) is 23.7 Å². The summed E-state index contributed by atoms with van der Waals surface area (Å²) < 4.78 is 26.5. The molecule has 0 saturated heterocycles. The molecule has 2 aromatic carbocycles. The van der Waals surface area contributed by atoms with Gasteiger partial charge in [-0.3, -0.25) is 4.79 Å². The van der Waals surface area contributed by atoms with E-state index < -0.39 is 10.0 Å². The summed E-state index contributed by atoms with van der Waals surface area (Å²) in [4.78, 5) is 13.2. The number of carbonyl (C=O) groups excluding carboxylic acids is 1. The average molecular weight is 421 g/mol. The van der Waals surface area contributed by atoms with E-state index in [9.17, 15) is 13.2 Å². The average Bonchev–Trinajstić information content (AvgIpc) is 3.47. The van der Waals surface area contributed by atoms with E-state index in [1.54, 1.807) is 13.0 Å². The van der Waals surface area contributed by atoms with Crippen LogP contribution in [-0.4, -0.2) is 32.7 Å². The van der Waals surface area contributed by atoms with E-state index in [2.05, 4.69) is 5.32 Å². The smallest absolute Gasteiger partial charge is 0.251 e. The molecule has 0 unspecified atom stereocenters. The Morgan fingerprint density at radius 1 is 1.14 bits per heavy atom. The first-order valence-corrected chi connectivity index (χ1v) is 11.0. The summed E-state index contributed by atoms with van der Waals surface area (Å²) in [6.07, 6.45) is 2.11. The maximum absolute atomic E-state index is 13.0. The van der Waals surface area contributed by atoms with Gasteiger partial charge in [0, 0.05) is 24.7 Å². The van der Waals surface area contributed by atoms with Crippen molar-refractivity contribution in [2.45, 2.75) is 37.6 Å². The van der Waals surface area contributed by atoms with Gasteiger partial charge in [0.25, 0.3) is 5.91 Å². The normalized spacial score (nSPS) is 15.5. The van der Waals surface area contributed by atoms with Crippen LogP contribution < -0.4 is 5.32 Å². The van der Waals surface area contributed by atoms with Crippen LogP contribution in [-0.2, 0) is 10.0 Å². The van der Waals surface area contributed by atoms with Crippen molar-refractivity contribution in [2.75, 3.05) is 14.1 Å². The van der Waals surface area contributed by atoms with Crippen LogP contribution in [0, 0.1) is 19.8 Å². The lowest BCUT2D eigenvalue weighted by atomic mass is 10.0. The summed E-state index contributed by atoms with van der Waals surface area (Å²) in [6, 6.07) is 10.6. The molecule has 28 heavy (non-hydrogen) atoms. The molecule has 1 atom stereocenters. The number of nitrogens with zero attached hydrogens (tertiary/aromatic N) is 1. The topological polar surface area (TPSA) is 66.5 Å². The Morgan fingerprint density at radius 2 is 1.75 bits per heavy atom. The standard InChI is InChI=1S/C21H25ClN2O3S/c1-13-11-17(12-19(14(13)2)28(26,27)24(3)4)21(25)23-20(15-5-6-15)16-7-9-18(22)10-8-16/h7-12,15,20H,5-6H2,1-4H3,(H,23,25)/t20-/m0/s1.